The van der Waals surface area contributed by atoms with Gasteiger partial charge in [-0.3, -0.25) is 0 Å². The molecule has 0 radical (unpaired) electrons. The molecule has 2 N–H and O–H groups in total. The molecule has 2 nitrogen and oxygen atoms in total. The molecule has 2 aromatic rings. The highest BCUT2D eigenvalue weighted by atomic mass is 16.5. The van der Waals surface area contributed by atoms with E-state index in [-0.39, 0.29) is 0 Å². The average Bonchev–Trinajstić information content (AvgIpc) is 2.40. The van der Waals surface area contributed by atoms with Gasteiger partial charge in [-0.15, -0.1) is 0 Å². The third-order valence-corrected chi connectivity index (χ3v) is 2.94. The van der Waals surface area contributed by atoms with E-state index in [9.17, 15) is 0 Å². The second-order valence-electron chi connectivity index (χ2n) is 4.41. The maximum Gasteiger partial charge on any atom is 0.122 e. The standard InChI is InChI=1S/C16H19NO/c1-13-4-2-3-5-16(13)18-12-15-8-6-14(7-9-15)10-11-17/h2-9H,10-12,17H2,1H3. The van der Waals surface area contributed by atoms with Crippen LogP contribution in [-0.4, -0.2) is 6.54 Å². The van der Waals surface area contributed by atoms with Crippen LogP contribution < -0.4 is 10.5 Å². The van der Waals surface area contributed by atoms with Gasteiger partial charge in [0, 0.05) is 0 Å². The number of para-hydroxylation sites is 1. The second kappa shape index (κ2) is 6.22. The molecule has 18 heavy (non-hydrogen) atoms. The molecule has 0 saturated heterocycles. The minimum Gasteiger partial charge on any atom is -0.489 e. The van der Waals surface area contributed by atoms with Crippen molar-refractivity contribution in [3.63, 3.8) is 0 Å². The van der Waals surface area contributed by atoms with Crippen LogP contribution in [0.2, 0.25) is 0 Å². The summed E-state index contributed by atoms with van der Waals surface area (Å²) in [6, 6.07) is 16.5. The van der Waals surface area contributed by atoms with E-state index in [1.54, 1.807) is 0 Å². The lowest BCUT2D eigenvalue weighted by Crippen LogP contribution is -2.03. The van der Waals surface area contributed by atoms with Crippen molar-refractivity contribution in [3.8, 4) is 5.75 Å². The highest BCUT2D eigenvalue weighted by molar-refractivity contribution is 5.32. The first kappa shape index (κ1) is 12.7. The van der Waals surface area contributed by atoms with Crippen molar-refractivity contribution >= 4 is 0 Å². The van der Waals surface area contributed by atoms with Crippen molar-refractivity contribution in [1.29, 1.82) is 0 Å². The van der Waals surface area contributed by atoms with E-state index >= 15 is 0 Å². The zero-order valence-corrected chi connectivity index (χ0v) is 10.7. The highest BCUT2D eigenvalue weighted by Gasteiger charge is 1.99. The zero-order chi connectivity index (χ0) is 12.8. The van der Waals surface area contributed by atoms with Gasteiger partial charge in [-0.05, 0) is 42.6 Å². The molecule has 0 aromatic heterocycles. The Hall–Kier alpha value is -1.80. The SMILES string of the molecule is Cc1ccccc1OCc1ccc(CCN)cc1. The summed E-state index contributed by atoms with van der Waals surface area (Å²) in [5.74, 6) is 0.948. The summed E-state index contributed by atoms with van der Waals surface area (Å²) in [4.78, 5) is 0. The molecule has 0 atom stereocenters. The predicted octanol–water partition coefficient (Wildman–Crippen LogP) is 3.08. The Kier molecular flexibility index (Phi) is 4.37. The van der Waals surface area contributed by atoms with Gasteiger partial charge >= 0.3 is 0 Å². The number of benzene rings is 2. The van der Waals surface area contributed by atoms with Crippen molar-refractivity contribution < 1.29 is 4.74 Å². The van der Waals surface area contributed by atoms with Crippen LogP contribution in [0.1, 0.15) is 16.7 Å². The normalized spacial score (nSPS) is 10.3. The van der Waals surface area contributed by atoms with Gasteiger partial charge < -0.3 is 10.5 Å². The van der Waals surface area contributed by atoms with Gasteiger partial charge in [-0.1, -0.05) is 42.5 Å². The van der Waals surface area contributed by atoms with E-state index in [1.807, 2.05) is 18.2 Å². The lowest BCUT2D eigenvalue weighted by molar-refractivity contribution is 0.304. The first-order valence-corrected chi connectivity index (χ1v) is 6.26. The number of rotatable bonds is 5. The van der Waals surface area contributed by atoms with Crippen LogP contribution in [0, 0.1) is 6.92 Å². The molecule has 2 heteroatoms. The molecular formula is C16H19NO. The molecular weight excluding hydrogens is 222 g/mol. The monoisotopic (exact) mass is 241 g/mol. The molecule has 2 aromatic carbocycles. The van der Waals surface area contributed by atoms with Gasteiger partial charge in [0.05, 0.1) is 0 Å². The van der Waals surface area contributed by atoms with E-state index in [0.717, 1.165) is 17.7 Å². The van der Waals surface area contributed by atoms with Crippen molar-refractivity contribution in [1.82, 2.24) is 0 Å². The molecule has 0 unspecified atom stereocenters. The van der Waals surface area contributed by atoms with Crippen LogP contribution in [0.25, 0.3) is 0 Å². The number of hydrogen-bond donors (Lipinski definition) is 1. The molecule has 0 aliphatic carbocycles. The lowest BCUT2D eigenvalue weighted by atomic mass is 10.1. The maximum absolute atomic E-state index is 5.80. The molecule has 0 aliphatic rings. The van der Waals surface area contributed by atoms with Crippen LogP contribution in [0.15, 0.2) is 48.5 Å². The van der Waals surface area contributed by atoms with Gasteiger partial charge in [0.15, 0.2) is 0 Å². The molecule has 0 heterocycles. The zero-order valence-electron chi connectivity index (χ0n) is 10.7. The molecule has 0 spiro atoms. The smallest absolute Gasteiger partial charge is 0.122 e. The van der Waals surface area contributed by atoms with Crippen molar-refractivity contribution in [3.05, 3.63) is 65.2 Å². The van der Waals surface area contributed by atoms with Crippen LogP contribution in [0.5, 0.6) is 5.75 Å². The van der Waals surface area contributed by atoms with Crippen molar-refractivity contribution in [2.75, 3.05) is 6.54 Å². The van der Waals surface area contributed by atoms with E-state index < -0.39 is 0 Å². The van der Waals surface area contributed by atoms with Gasteiger partial charge in [0.2, 0.25) is 0 Å². The summed E-state index contributed by atoms with van der Waals surface area (Å²) >= 11 is 0. The quantitative estimate of drug-likeness (QED) is 0.873. The summed E-state index contributed by atoms with van der Waals surface area (Å²) < 4.78 is 5.80. The number of hydrogen-bond acceptors (Lipinski definition) is 2. The van der Waals surface area contributed by atoms with E-state index in [2.05, 4.69) is 37.3 Å². The van der Waals surface area contributed by atoms with E-state index in [1.165, 1.54) is 11.1 Å². The van der Waals surface area contributed by atoms with Crippen LogP contribution in [-0.2, 0) is 13.0 Å². The Morgan fingerprint density at radius 2 is 1.61 bits per heavy atom. The van der Waals surface area contributed by atoms with Crippen molar-refractivity contribution in [2.24, 2.45) is 5.73 Å². The maximum atomic E-state index is 5.80. The first-order valence-electron chi connectivity index (χ1n) is 6.26. The summed E-state index contributed by atoms with van der Waals surface area (Å²) in [6.45, 7) is 3.35. The summed E-state index contributed by atoms with van der Waals surface area (Å²) in [5.41, 5.74) is 9.14. The lowest BCUT2D eigenvalue weighted by Gasteiger charge is -2.09. The Labute approximate surface area is 108 Å². The molecule has 0 fully saturated rings. The van der Waals surface area contributed by atoms with E-state index in [0.29, 0.717) is 13.2 Å². The Balaban J connectivity index is 1.96. The first-order chi connectivity index (χ1) is 8.79. The molecule has 0 amide bonds. The van der Waals surface area contributed by atoms with Crippen molar-refractivity contribution in [2.45, 2.75) is 20.0 Å². The molecule has 0 saturated carbocycles. The third kappa shape index (κ3) is 3.34. The second-order valence-corrected chi connectivity index (χ2v) is 4.41. The predicted molar refractivity (Wildman–Crippen MR) is 74.7 cm³/mol. The fraction of sp³-hybridized carbons (Fsp3) is 0.250. The minimum absolute atomic E-state index is 0.605. The largest absolute Gasteiger partial charge is 0.489 e. The molecule has 0 bridgehead atoms. The highest BCUT2D eigenvalue weighted by Crippen LogP contribution is 2.18. The van der Waals surface area contributed by atoms with E-state index in [4.69, 9.17) is 10.5 Å². The Morgan fingerprint density at radius 3 is 2.28 bits per heavy atom. The van der Waals surface area contributed by atoms with Crippen LogP contribution >= 0.6 is 0 Å². The number of ether oxygens (including phenoxy) is 1. The average molecular weight is 241 g/mol. The van der Waals surface area contributed by atoms with Gasteiger partial charge in [0.1, 0.15) is 12.4 Å². The number of nitrogens with two attached hydrogens (primary N) is 1. The summed E-state index contributed by atoms with van der Waals surface area (Å²) in [6.07, 6.45) is 0.929. The molecule has 0 aliphatic heterocycles. The molecule has 94 valence electrons. The fourth-order valence-electron chi connectivity index (χ4n) is 1.85. The van der Waals surface area contributed by atoms with Crippen LogP contribution in [0.4, 0.5) is 0 Å². The number of aryl methyl sites for hydroxylation is 1. The molecule has 2 rings (SSSR count). The summed E-state index contributed by atoms with van der Waals surface area (Å²) in [7, 11) is 0. The minimum atomic E-state index is 0.605. The fourth-order valence-corrected chi connectivity index (χ4v) is 1.85. The summed E-state index contributed by atoms with van der Waals surface area (Å²) in [5, 5.41) is 0. The van der Waals surface area contributed by atoms with Crippen LogP contribution in [0.3, 0.4) is 0 Å². The van der Waals surface area contributed by atoms with Gasteiger partial charge in [-0.25, -0.2) is 0 Å². The van der Waals surface area contributed by atoms with Gasteiger partial charge in [0.25, 0.3) is 0 Å². The Morgan fingerprint density at radius 1 is 0.944 bits per heavy atom. The van der Waals surface area contributed by atoms with Gasteiger partial charge in [-0.2, -0.15) is 0 Å². The topological polar surface area (TPSA) is 35.2 Å². The Bertz CT molecular complexity index is 491. The third-order valence-electron chi connectivity index (χ3n) is 2.94.